The Balaban J connectivity index is 3.12. The van der Waals surface area contributed by atoms with Gasteiger partial charge in [0.15, 0.2) is 11.5 Å². The number of ether oxygens (including phenoxy) is 6. The minimum atomic E-state index is -1.87. The second kappa shape index (κ2) is 15.8. The highest BCUT2D eigenvalue weighted by atomic mass is 16.7. The quantitative estimate of drug-likeness (QED) is 0.130. The van der Waals surface area contributed by atoms with Crippen LogP contribution in [0.15, 0.2) is 18.2 Å². The molecule has 39 heavy (non-hydrogen) atoms. The SMILES string of the molecule is CCCCOC(=O)Oc1ccc(C[C@](N)(C[C@H](C)OC(=O)OC(C)(C)C)C(=O)O)cc1OC(=O)OCCCC. The van der Waals surface area contributed by atoms with Crippen molar-refractivity contribution in [2.75, 3.05) is 13.2 Å². The second-order valence-corrected chi connectivity index (χ2v) is 10.1. The predicted molar refractivity (Wildman–Crippen MR) is 140 cm³/mol. The molecule has 0 bridgehead atoms. The van der Waals surface area contributed by atoms with Gasteiger partial charge in [0.25, 0.3) is 0 Å². The van der Waals surface area contributed by atoms with E-state index in [1.54, 1.807) is 20.8 Å². The third kappa shape index (κ3) is 13.2. The smallest absolute Gasteiger partial charge is 0.480 e. The van der Waals surface area contributed by atoms with Gasteiger partial charge in [-0.25, -0.2) is 14.4 Å². The highest BCUT2D eigenvalue weighted by Crippen LogP contribution is 2.31. The molecule has 0 saturated heterocycles. The highest BCUT2D eigenvalue weighted by molar-refractivity contribution is 5.79. The lowest BCUT2D eigenvalue weighted by Crippen LogP contribution is -2.52. The molecule has 3 N–H and O–H groups in total. The normalized spacial score (nSPS) is 13.4. The van der Waals surface area contributed by atoms with Gasteiger partial charge >= 0.3 is 24.4 Å². The van der Waals surface area contributed by atoms with Gasteiger partial charge in [0.1, 0.15) is 17.2 Å². The van der Waals surface area contributed by atoms with E-state index < -0.39 is 41.7 Å². The van der Waals surface area contributed by atoms with Gasteiger partial charge in [-0.3, -0.25) is 4.79 Å². The minimum Gasteiger partial charge on any atom is -0.480 e. The summed E-state index contributed by atoms with van der Waals surface area (Å²) in [5.74, 6) is -1.66. The van der Waals surface area contributed by atoms with E-state index in [1.165, 1.54) is 25.1 Å². The number of carbonyl (C=O) groups excluding carboxylic acids is 3. The number of hydrogen-bond donors (Lipinski definition) is 2. The Morgan fingerprint density at radius 2 is 1.44 bits per heavy atom. The van der Waals surface area contributed by atoms with Crippen molar-refractivity contribution in [3.63, 3.8) is 0 Å². The fourth-order valence-corrected chi connectivity index (χ4v) is 3.26. The van der Waals surface area contributed by atoms with Crippen molar-refractivity contribution in [1.82, 2.24) is 0 Å². The van der Waals surface area contributed by atoms with Crippen LogP contribution in [-0.2, 0) is 30.2 Å². The topological polar surface area (TPSA) is 170 Å². The van der Waals surface area contributed by atoms with Gasteiger partial charge in [-0.05, 0) is 58.2 Å². The van der Waals surface area contributed by atoms with E-state index in [0.29, 0.717) is 18.4 Å². The number of rotatable bonds is 14. The average Bonchev–Trinajstić information content (AvgIpc) is 2.79. The van der Waals surface area contributed by atoms with E-state index in [9.17, 15) is 24.3 Å². The Kier molecular flexibility index (Phi) is 13.5. The van der Waals surface area contributed by atoms with Crippen LogP contribution in [0.25, 0.3) is 0 Å². The summed E-state index contributed by atoms with van der Waals surface area (Å²) in [4.78, 5) is 48.4. The van der Waals surface area contributed by atoms with Crippen molar-refractivity contribution in [3.8, 4) is 11.5 Å². The number of carboxylic acids is 1. The Morgan fingerprint density at radius 3 is 1.92 bits per heavy atom. The molecule has 1 aromatic carbocycles. The van der Waals surface area contributed by atoms with Crippen molar-refractivity contribution < 1.29 is 52.7 Å². The van der Waals surface area contributed by atoms with Crippen LogP contribution in [0.4, 0.5) is 14.4 Å². The summed E-state index contributed by atoms with van der Waals surface area (Å²) in [5, 5.41) is 9.89. The average molecular weight is 556 g/mol. The van der Waals surface area contributed by atoms with Crippen LogP contribution < -0.4 is 15.2 Å². The molecule has 220 valence electrons. The Labute approximate surface area is 229 Å². The molecule has 0 saturated carbocycles. The number of nitrogens with two attached hydrogens (primary N) is 1. The van der Waals surface area contributed by atoms with Gasteiger partial charge in [-0.15, -0.1) is 0 Å². The molecule has 0 aliphatic rings. The number of carboxylic acid groups (broad SMARTS) is 1. The Morgan fingerprint density at radius 1 is 0.897 bits per heavy atom. The fraction of sp³-hybridized carbons (Fsp3) is 0.630. The highest BCUT2D eigenvalue weighted by Gasteiger charge is 2.37. The van der Waals surface area contributed by atoms with Gasteiger partial charge in [0.2, 0.25) is 0 Å². The van der Waals surface area contributed by atoms with E-state index in [2.05, 4.69) is 0 Å². The molecule has 0 aromatic heterocycles. The van der Waals surface area contributed by atoms with Crippen LogP contribution >= 0.6 is 0 Å². The standard InChI is InChI=1S/C27H41NO11/c1-7-9-13-34-23(31)37-20-12-11-19(15-21(20)38-24(32)35-14-10-8-2)17-27(28,22(29)30)16-18(3)36-25(33)39-26(4,5)6/h11-12,15,18H,7-10,13-14,16-17,28H2,1-6H3,(H,29,30)/t18-,27+/m0/s1. The van der Waals surface area contributed by atoms with Crippen LogP contribution in [0.2, 0.25) is 0 Å². The van der Waals surface area contributed by atoms with Crippen LogP contribution in [0.1, 0.15) is 79.2 Å². The summed E-state index contributed by atoms with van der Waals surface area (Å²) in [6, 6.07) is 4.11. The maximum absolute atomic E-state index is 12.2. The predicted octanol–water partition coefficient (Wildman–Crippen LogP) is 5.37. The first-order chi connectivity index (χ1) is 18.2. The molecule has 0 amide bonds. The number of unbranched alkanes of at least 4 members (excludes halogenated alkanes) is 2. The summed E-state index contributed by atoms with van der Waals surface area (Å²) >= 11 is 0. The largest absolute Gasteiger partial charge is 0.513 e. The monoisotopic (exact) mass is 555 g/mol. The molecule has 2 atom stereocenters. The zero-order valence-corrected chi connectivity index (χ0v) is 23.6. The summed E-state index contributed by atoms with van der Waals surface area (Å²) in [6.07, 6.45) is -1.49. The van der Waals surface area contributed by atoms with Gasteiger partial charge < -0.3 is 39.3 Å². The van der Waals surface area contributed by atoms with Gasteiger partial charge in [-0.2, -0.15) is 0 Å². The molecule has 0 aliphatic carbocycles. The molecule has 0 unspecified atom stereocenters. The molecule has 1 aromatic rings. The summed E-state index contributed by atoms with van der Waals surface area (Å²) < 4.78 is 30.7. The van der Waals surface area contributed by atoms with Gasteiger partial charge in [0, 0.05) is 12.8 Å². The molecule has 1 rings (SSSR count). The van der Waals surface area contributed by atoms with Crippen molar-refractivity contribution in [2.24, 2.45) is 5.73 Å². The maximum atomic E-state index is 12.2. The molecular weight excluding hydrogens is 514 g/mol. The minimum absolute atomic E-state index is 0.130. The molecule has 0 aliphatic heterocycles. The van der Waals surface area contributed by atoms with Crippen molar-refractivity contribution in [2.45, 2.75) is 97.3 Å². The Hall–Kier alpha value is -3.54. The summed E-state index contributed by atoms with van der Waals surface area (Å²) in [6.45, 7) is 10.6. The van der Waals surface area contributed by atoms with E-state index in [0.717, 1.165) is 12.8 Å². The number of benzene rings is 1. The summed E-state index contributed by atoms with van der Waals surface area (Å²) in [5.41, 5.74) is 3.91. The van der Waals surface area contributed by atoms with Crippen LogP contribution in [0.5, 0.6) is 11.5 Å². The zero-order chi connectivity index (χ0) is 29.6. The molecule has 12 nitrogen and oxygen atoms in total. The van der Waals surface area contributed by atoms with Crippen molar-refractivity contribution >= 4 is 24.4 Å². The van der Waals surface area contributed by atoms with E-state index in [1.807, 2.05) is 13.8 Å². The number of aliphatic carboxylic acids is 1. The van der Waals surface area contributed by atoms with Gasteiger partial charge in [0.05, 0.1) is 13.2 Å². The lowest BCUT2D eigenvalue weighted by Gasteiger charge is -2.28. The molecule has 0 radical (unpaired) electrons. The van der Waals surface area contributed by atoms with E-state index >= 15 is 0 Å². The van der Waals surface area contributed by atoms with E-state index in [-0.39, 0.29) is 37.6 Å². The first-order valence-electron chi connectivity index (χ1n) is 12.9. The third-order valence-electron chi connectivity index (χ3n) is 5.11. The first-order valence-corrected chi connectivity index (χ1v) is 12.9. The molecule has 12 heteroatoms. The van der Waals surface area contributed by atoms with Crippen molar-refractivity contribution in [1.29, 1.82) is 0 Å². The number of carbonyl (C=O) groups is 4. The maximum Gasteiger partial charge on any atom is 0.513 e. The van der Waals surface area contributed by atoms with Crippen LogP contribution in [-0.4, -0.2) is 60.0 Å². The van der Waals surface area contributed by atoms with E-state index in [4.69, 9.17) is 34.2 Å². The van der Waals surface area contributed by atoms with Crippen LogP contribution in [0.3, 0.4) is 0 Å². The second-order valence-electron chi connectivity index (χ2n) is 10.1. The first kappa shape index (κ1) is 33.5. The number of hydrogen-bond acceptors (Lipinski definition) is 11. The molecule has 0 fully saturated rings. The lowest BCUT2D eigenvalue weighted by atomic mass is 9.86. The molecular formula is C27H41NO11. The Bertz CT molecular complexity index is 973. The summed E-state index contributed by atoms with van der Waals surface area (Å²) in [7, 11) is 0. The van der Waals surface area contributed by atoms with Crippen molar-refractivity contribution in [3.05, 3.63) is 23.8 Å². The van der Waals surface area contributed by atoms with Crippen LogP contribution in [0, 0.1) is 0 Å². The molecule has 0 spiro atoms. The lowest BCUT2D eigenvalue weighted by molar-refractivity contribution is -0.145. The third-order valence-corrected chi connectivity index (χ3v) is 5.11. The van der Waals surface area contributed by atoms with Gasteiger partial charge in [-0.1, -0.05) is 32.8 Å². The molecule has 0 heterocycles. The fourth-order valence-electron chi connectivity index (χ4n) is 3.26. The zero-order valence-electron chi connectivity index (χ0n) is 23.6.